The van der Waals surface area contributed by atoms with Crippen LogP contribution in [0.3, 0.4) is 0 Å². The fraction of sp³-hybridized carbons (Fsp3) is 0.0500. The Hall–Kier alpha value is -6.72. The minimum absolute atomic E-state index is 0. The quantitative estimate of drug-likeness (QED) is 0.0845. The van der Waals surface area contributed by atoms with Gasteiger partial charge in [-0.1, -0.05) is 0 Å². The molecule has 0 aliphatic heterocycles. The molecule has 0 bridgehead atoms. The molecule has 11 rings (SSSR count). The molecule has 7 aromatic heterocycles. The fourth-order valence-electron chi connectivity index (χ4n) is 6.19. The molecule has 0 atom stereocenters. The summed E-state index contributed by atoms with van der Waals surface area (Å²) < 4.78 is 0. The first-order chi connectivity index (χ1) is 25.6. The van der Waals surface area contributed by atoms with Gasteiger partial charge in [-0.05, 0) is 85.6 Å². The Balaban J connectivity index is 0.000000119. The number of hydrogen-bond acceptors (Lipinski definition) is 12. The Bertz CT molecular complexity index is 2820. The van der Waals surface area contributed by atoms with Crippen LogP contribution in [0.2, 0.25) is 0 Å². The van der Waals surface area contributed by atoms with Gasteiger partial charge < -0.3 is 0 Å². The van der Waals surface area contributed by atoms with E-state index < -0.39 is 0 Å². The number of hydrogen-bond donors (Lipinski definition) is 0. The van der Waals surface area contributed by atoms with Crippen molar-refractivity contribution < 1.29 is 19.5 Å². The molecule has 53 heavy (non-hydrogen) atoms. The summed E-state index contributed by atoms with van der Waals surface area (Å²) in [4.78, 5) is 52.7. The maximum absolute atomic E-state index is 4.93. The monoisotopic (exact) mass is 776 g/mol. The Morgan fingerprint density at radius 2 is 0.604 bits per heavy atom. The zero-order chi connectivity index (χ0) is 35.0. The van der Waals surface area contributed by atoms with Gasteiger partial charge in [0.05, 0.1) is 55.2 Å². The van der Waals surface area contributed by atoms with Gasteiger partial charge >= 0.3 is 0 Å². The van der Waals surface area contributed by atoms with Crippen LogP contribution in [-0.4, -0.2) is 59.8 Å². The number of fused-ring (bicyclic) bond motifs is 13. The Labute approximate surface area is 313 Å². The van der Waals surface area contributed by atoms with Crippen LogP contribution in [0.1, 0.15) is 11.1 Å². The predicted octanol–water partition coefficient (Wildman–Crippen LogP) is 7.64. The van der Waals surface area contributed by atoms with Crippen LogP contribution in [0.4, 0.5) is 0 Å². The van der Waals surface area contributed by atoms with Gasteiger partial charge in [-0.3, -0.25) is 49.8 Å². The molecular formula is C40H26N12Ru. The summed E-state index contributed by atoms with van der Waals surface area (Å²) in [6.07, 6.45) is 16.9. The van der Waals surface area contributed by atoms with Gasteiger partial charge in [-0.25, -0.2) is 9.97 Å². The summed E-state index contributed by atoms with van der Waals surface area (Å²) in [6, 6.07) is 19.8. The van der Waals surface area contributed by atoms with Crippen LogP contribution in [0, 0.1) is 13.8 Å². The van der Waals surface area contributed by atoms with Crippen LogP contribution in [0.5, 0.6) is 0 Å². The molecule has 12 nitrogen and oxygen atoms in total. The van der Waals surface area contributed by atoms with Crippen molar-refractivity contribution in [3.05, 3.63) is 134 Å². The van der Waals surface area contributed by atoms with E-state index in [2.05, 4.69) is 75.8 Å². The van der Waals surface area contributed by atoms with Crippen molar-refractivity contribution in [3.63, 3.8) is 0 Å². The smallest absolute Gasteiger partial charge is 0.116 e. The normalized spacial score (nSPS) is 11.1. The molecule has 0 saturated carbocycles. The van der Waals surface area contributed by atoms with E-state index in [0.29, 0.717) is 0 Å². The van der Waals surface area contributed by atoms with E-state index in [1.54, 1.807) is 62.0 Å². The number of aryl methyl sites for hydroxylation is 2. The van der Waals surface area contributed by atoms with E-state index in [9.17, 15) is 0 Å². The number of rotatable bonds is 0. The van der Waals surface area contributed by atoms with Crippen molar-refractivity contribution in [1.29, 1.82) is 0 Å². The van der Waals surface area contributed by atoms with Crippen LogP contribution >= 0.6 is 0 Å². The molecule has 0 spiro atoms. The summed E-state index contributed by atoms with van der Waals surface area (Å²) in [5, 5.41) is 1.98. The van der Waals surface area contributed by atoms with Gasteiger partial charge in [-0.2, -0.15) is 0 Å². The van der Waals surface area contributed by atoms with Gasteiger partial charge in [-0.15, -0.1) is 0 Å². The summed E-state index contributed by atoms with van der Waals surface area (Å²) in [5.74, 6) is 0. The van der Waals surface area contributed by atoms with Crippen molar-refractivity contribution in [2.75, 3.05) is 0 Å². The van der Waals surface area contributed by atoms with E-state index >= 15 is 0 Å². The molecular weight excluding hydrogens is 750 g/mol. The minimum atomic E-state index is 0. The zero-order valence-electron chi connectivity index (χ0n) is 28.3. The van der Waals surface area contributed by atoms with Crippen LogP contribution < -0.4 is 0 Å². The topological polar surface area (TPSA) is 155 Å². The summed E-state index contributed by atoms with van der Waals surface area (Å²) in [7, 11) is 0. The van der Waals surface area contributed by atoms with Gasteiger partial charge in [0.2, 0.25) is 0 Å². The van der Waals surface area contributed by atoms with Crippen LogP contribution in [0.25, 0.3) is 88.0 Å². The first-order valence-electron chi connectivity index (χ1n) is 16.4. The maximum Gasteiger partial charge on any atom is 0.116 e. The predicted molar refractivity (Wildman–Crippen MR) is 202 cm³/mol. The molecule has 4 aromatic carbocycles. The van der Waals surface area contributed by atoms with Crippen molar-refractivity contribution >= 4 is 88.0 Å². The molecule has 0 amide bonds. The molecule has 0 fully saturated rings. The SMILES string of the molecule is Cc1cc2nc3c4cccnc4c4ncccc4c3nc2cc1C.[Ru].c1cnc2c(ccc3nccnc32)n1.c1cnc2c(ccc3nccnc32)n1. The van der Waals surface area contributed by atoms with Gasteiger partial charge in [0, 0.05) is 92.2 Å². The molecule has 0 N–H and O–H groups in total. The third kappa shape index (κ3) is 6.17. The van der Waals surface area contributed by atoms with Crippen molar-refractivity contribution in [2.24, 2.45) is 0 Å². The molecule has 0 unspecified atom stereocenters. The summed E-state index contributed by atoms with van der Waals surface area (Å²) >= 11 is 0. The van der Waals surface area contributed by atoms with Crippen molar-refractivity contribution in [3.8, 4) is 0 Å². The van der Waals surface area contributed by atoms with Crippen molar-refractivity contribution in [1.82, 2.24) is 59.8 Å². The van der Waals surface area contributed by atoms with Crippen LogP contribution in [-0.2, 0) is 19.5 Å². The van der Waals surface area contributed by atoms with E-state index in [-0.39, 0.29) is 19.5 Å². The molecule has 0 saturated heterocycles. The second-order valence-corrected chi connectivity index (χ2v) is 12.0. The molecule has 0 aliphatic rings. The Morgan fingerprint density at radius 3 is 0.943 bits per heavy atom. The van der Waals surface area contributed by atoms with E-state index in [4.69, 9.17) is 9.97 Å². The molecule has 0 radical (unpaired) electrons. The second kappa shape index (κ2) is 14.1. The third-order valence-corrected chi connectivity index (χ3v) is 8.78. The average Bonchev–Trinajstić information content (AvgIpc) is 3.21. The summed E-state index contributed by atoms with van der Waals surface area (Å²) in [6.45, 7) is 4.20. The Morgan fingerprint density at radius 1 is 0.302 bits per heavy atom. The maximum atomic E-state index is 4.93. The minimum Gasteiger partial charge on any atom is -0.254 e. The van der Waals surface area contributed by atoms with Crippen molar-refractivity contribution in [2.45, 2.75) is 13.8 Å². The van der Waals surface area contributed by atoms with E-state index in [1.807, 2.05) is 48.5 Å². The molecule has 7 heterocycles. The first kappa shape index (κ1) is 33.4. The molecule has 0 aliphatic carbocycles. The van der Waals surface area contributed by atoms with Gasteiger partial charge in [0.1, 0.15) is 22.1 Å². The van der Waals surface area contributed by atoms with Gasteiger partial charge in [0.25, 0.3) is 0 Å². The Kier molecular flexibility index (Phi) is 8.91. The second-order valence-electron chi connectivity index (χ2n) is 12.0. The molecule has 11 aromatic rings. The number of pyridine rings is 2. The average molecular weight is 776 g/mol. The van der Waals surface area contributed by atoms with Gasteiger partial charge in [0.15, 0.2) is 0 Å². The largest absolute Gasteiger partial charge is 0.254 e. The number of benzene rings is 4. The third-order valence-electron chi connectivity index (χ3n) is 8.78. The zero-order valence-corrected chi connectivity index (χ0v) is 30.0. The molecule has 13 heteroatoms. The molecule has 254 valence electrons. The fourth-order valence-corrected chi connectivity index (χ4v) is 6.19. The number of aromatic nitrogens is 12. The van der Waals surface area contributed by atoms with E-state index in [0.717, 1.165) is 88.0 Å². The van der Waals surface area contributed by atoms with E-state index in [1.165, 1.54) is 11.1 Å². The number of nitrogens with zero attached hydrogens (tertiary/aromatic N) is 12. The standard InChI is InChI=1S/C20H14N4.2C10H6N4.Ru/c1-11-9-15-16(10-12(11)2)24-20-14-6-4-8-22-18(14)17-13(19(20)23-15)5-3-7-21-17;2*1-2-8-10(14-6-4-12-8)9-7(1)11-3-5-13-9;/h3-10H,1-2H3;2*1-6H;. The summed E-state index contributed by atoms with van der Waals surface area (Å²) in [5.41, 5.74) is 14.4. The first-order valence-corrected chi connectivity index (χ1v) is 16.4. The van der Waals surface area contributed by atoms with Crippen LogP contribution in [0.15, 0.2) is 123 Å².